The Labute approximate surface area is 240 Å². The van der Waals surface area contributed by atoms with Gasteiger partial charge in [0.25, 0.3) is 0 Å². The number of nitrogens with zero attached hydrogens (tertiary/aromatic N) is 1. The smallest absolute Gasteiger partial charge is 0.338 e. The Morgan fingerprint density at radius 1 is 1.02 bits per heavy atom. The molecule has 1 aromatic carbocycles. The molecular formula is C31H43NO9. The average molecular weight is 574 g/mol. The highest BCUT2D eigenvalue weighted by molar-refractivity contribution is 5.89. The van der Waals surface area contributed by atoms with Gasteiger partial charge in [-0.15, -0.1) is 0 Å². The van der Waals surface area contributed by atoms with Gasteiger partial charge in [0.05, 0.1) is 24.4 Å². The second-order valence-corrected chi connectivity index (χ2v) is 13.6. The zero-order valence-corrected chi connectivity index (χ0v) is 24.4. The van der Waals surface area contributed by atoms with Crippen molar-refractivity contribution >= 4 is 5.97 Å². The third-order valence-electron chi connectivity index (χ3n) is 12.5. The maximum absolute atomic E-state index is 13.5. The lowest BCUT2D eigenvalue weighted by molar-refractivity contribution is -0.313. The van der Waals surface area contributed by atoms with E-state index in [9.17, 15) is 20.1 Å². The van der Waals surface area contributed by atoms with Crippen molar-refractivity contribution in [3.63, 3.8) is 0 Å². The van der Waals surface area contributed by atoms with E-state index in [1.54, 1.807) is 45.6 Å². The molecule has 0 aromatic heterocycles. The number of methoxy groups -OCH3 is 4. The van der Waals surface area contributed by atoms with Gasteiger partial charge in [-0.3, -0.25) is 0 Å². The number of aliphatic hydroxyl groups is 3. The lowest BCUT2D eigenvalue weighted by Gasteiger charge is -2.69. The lowest BCUT2D eigenvalue weighted by Crippen LogP contribution is -2.79. The molecule has 0 radical (unpaired) electrons. The van der Waals surface area contributed by atoms with Crippen molar-refractivity contribution in [1.82, 2.24) is 4.90 Å². The number of rotatable bonds is 7. The standard InChI is InChI=1S/C31H43NO9/c1-32-14-28(15-37-2)12-11-18(38-3)30-17-13-29(35)25(41-27(34)16-9-7-6-8-10-16)19(17)31(36,24(33)26(29)40-5)20(23(30)32)21(39-4)22(28)30/h6-10,17-26,33,35-36H,11-15H2,1-5H3/t17-,18?,19-,20+,21+,22-,23?,24+,25-,26+,28+,29+,30+,31-/m1/s1. The number of hydrogen-bond acceptors (Lipinski definition) is 10. The van der Waals surface area contributed by atoms with E-state index in [2.05, 4.69) is 11.9 Å². The molecule has 10 nitrogen and oxygen atoms in total. The molecule has 1 spiro atoms. The summed E-state index contributed by atoms with van der Waals surface area (Å²) in [5.41, 5.74) is -3.95. The van der Waals surface area contributed by atoms with Gasteiger partial charge in [-0.2, -0.15) is 0 Å². The van der Waals surface area contributed by atoms with E-state index in [0.717, 1.165) is 19.4 Å². The maximum atomic E-state index is 13.5. The molecule has 7 rings (SSSR count). The van der Waals surface area contributed by atoms with E-state index in [4.69, 9.17) is 23.7 Å². The van der Waals surface area contributed by atoms with Gasteiger partial charge in [0, 0.05) is 69.6 Å². The second-order valence-electron chi connectivity index (χ2n) is 13.6. The zero-order valence-electron chi connectivity index (χ0n) is 24.4. The summed E-state index contributed by atoms with van der Waals surface area (Å²) in [6, 6.07) is 8.46. The van der Waals surface area contributed by atoms with Gasteiger partial charge >= 0.3 is 5.97 Å². The van der Waals surface area contributed by atoms with E-state index in [0.29, 0.717) is 12.2 Å². The third-order valence-corrected chi connectivity index (χ3v) is 12.5. The minimum Gasteiger partial charge on any atom is -0.455 e. The predicted molar refractivity (Wildman–Crippen MR) is 145 cm³/mol. The Morgan fingerprint density at radius 2 is 1.76 bits per heavy atom. The van der Waals surface area contributed by atoms with Crippen LogP contribution in [0.3, 0.4) is 0 Å². The number of aliphatic hydroxyl groups excluding tert-OH is 1. The van der Waals surface area contributed by atoms with Crippen molar-refractivity contribution < 1.29 is 43.8 Å². The zero-order chi connectivity index (χ0) is 29.1. The summed E-state index contributed by atoms with van der Waals surface area (Å²) in [6.45, 7) is 1.29. The number of hydrogen-bond donors (Lipinski definition) is 3. The van der Waals surface area contributed by atoms with Crippen molar-refractivity contribution in [2.75, 3.05) is 48.6 Å². The molecule has 226 valence electrons. The van der Waals surface area contributed by atoms with Crippen molar-refractivity contribution in [2.45, 2.75) is 67.0 Å². The molecule has 6 aliphatic rings. The molecule has 2 unspecified atom stereocenters. The number of benzene rings is 1. The molecule has 5 saturated carbocycles. The van der Waals surface area contributed by atoms with Crippen LogP contribution in [-0.2, 0) is 23.7 Å². The van der Waals surface area contributed by atoms with Crippen molar-refractivity contribution in [2.24, 2.45) is 34.5 Å². The van der Waals surface area contributed by atoms with E-state index in [-0.39, 0.29) is 35.8 Å². The largest absolute Gasteiger partial charge is 0.455 e. The number of likely N-dealkylation sites (tertiary alicyclic amines) is 1. The summed E-state index contributed by atoms with van der Waals surface area (Å²) in [6.07, 6.45) is -2.45. The molecule has 1 aromatic rings. The molecule has 14 atom stereocenters. The van der Waals surface area contributed by atoms with Crippen LogP contribution < -0.4 is 0 Å². The Balaban J connectivity index is 1.46. The van der Waals surface area contributed by atoms with Gasteiger partial charge in [0.1, 0.15) is 29.5 Å². The first-order valence-electron chi connectivity index (χ1n) is 14.8. The van der Waals surface area contributed by atoms with Crippen LogP contribution in [0.15, 0.2) is 30.3 Å². The summed E-state index contributed by atoms with van der Waals surface area (Å²) in [4.78, 5) is 15.8. The van der Waals surface area contributed by atoms with Gasteiger partial charge in [-0.25, -0.2) is 4.79 Å². The fourth-order valence-electron chi connectivity index (χ4n) is 11.8. The van der Waals surface area contributed by atoms with Gasteiger partial charge in [0.2, 0.25) is 0 Å². The molecule has 41 heavy (non-hydrogen) atoms. The summed E-state index contributed by atoms with van der Waals surface area (Å²) in [5, 5.41) is 37.6. The number of ether oxygens (including phenoxy) is 5. The molecular weight excluding hydrogens is 530 g/mol. The van der Waals surface area contributed by atoms with Crippen molar-refractivity contribution in [1.29, 1.82) is 0 Å². The van der Waals surface area contributed by atoms with Crippen LogP contribution in [0.25, 0.3) is 0 Å². The maximum Gasteiger partial charge on any atom is 0.338 e. The summed E-state index contributed by atoms with van der Waals surface area (Å²) in [5.74, 6) is -2.30. The molecule has 6 fully saturated rings. The Morgan fingerprint density at radius 3 is 2.39 bits per heavy atom. The van der Waals surface area contributed by atoms with Crippen LogP contribution in [0.5, 0.6) is 0 Å². The van der Waals surface area contributed by atoms with Crippen LogP contribution in [0, 0.1) is 34.5 Å². The van der Waals surface area contributed by atoms with Crippen LogP contribution in [0.4, 0.5) is 0 Å². The Kier molecular flexibility index (Phi) is 6.31. The van der Waals surface area contributed by atoms with Crippen molar-refractivity contribution in [3.8, 4) is 0 Å². The van der Waals surface area contributed by atoms with Gasteiger partial charge < -0.3 is 43.9 Å². The second kappa shape index (κ2) is 9.19. The first-order valence-corrected chi connectivity index (χ1v) is 14.8. The minimum atomic E-state index is -1.76. The fraction of sp³-hybridized carbons (Fsp3) is 0.774. The number of fused-ring (bicyclic) bond motifs is 2. The SMILES string of the molecule is COC[C@@]12CCC(OC)[C@]34C([C@H]([C@H](OC)[C@H]13)[C@]1(O)[C@H]3[C@@H](OC(=O)c5ccccc5)[C@@](O)(C[C@H]34)[C@@H](OC)[C@@H]1O)N(C)C2. The van der Waals surface area contributed by atoms with Crippen molar-refractivity contribution in [3.05, 3.63) is 35.9 Å². The van der Waals surface area contributed by atoms with Crippen LogP contribution in [-0.4, -0.2) is 123 Å². The van der Waals surface area contributed by atoms with Gasteiger partial charge in [-0.05, 0) is 44.4 Å². The molecule has 0 amide bonds. The van der Waals surface area contributed by atoms with Crippen LogP contribution in [0.2, 0.25) is 0 Å². The lowest BCUT2D eigenvalue weighted by atomic mass is 9.43. The summed E-state index contributed by atoms with van der Waals surface area (Å²) in [7, 11) is 8.65. The number of carbonyl (C=O) groups is 1. The molecule has 5 aliphatic carbocycles. The number of esters is 1. The summed E-state index contributed by atoms with van der Waals surface area (Å²) < 4.78 is 30.6. The highest BCUT2D eigenvalue weighted by Gasteiger charge is 2.90. The quantitative estimate of drug-likeness (QED) is 0.402. The molecule has 7 bridgehead atoms. The number of piperidine rings is 1. The highest BCUT2D eigenvalue weighted by atomic mass is 16.6. The van der Waals surface area contributed by atoms with E-state index in [1.165, 1.54) is 7.11 Å². The normalized spacial score (nSPS) is 52.9. The topological polar surface area (TPSA) is 127 Å². The fourth-order valence-corrected chi connectivity index (χ4v) is 11.8. The van der Waals surface area contributed by atoms with E-state index >= 15 is 0 Å². The molecule has 3 N–H and O–H groups in total. The van der Waals surface area contributed by atoms with Gasteiger partial charge in [0.15, 0.2) is 0 Å². The van der Waals surface area contributed by atoms with Crippen LogP contribution in [0.1, 0.15) is 29.6 Å². The molecule has 1 aliphatic heterocycles. The average Bonchev–Trinajstić information content (AvgIpc) is 3.36. The minimum absolute atomic E-state index is 0.0644. The summed E-state index contributed by atoms with van der Waals surface area (Å²) >= 11 is 0. The molecule has 10 heteroatoms. The predicted octanol–water partition coefficient (Wildman–Crippen LogP) is 0.716. The Hall–Kier alpha value is -1.63. The Bertz CT molecular complexity index is 1200. The number of carbonyl (C=O) groups excluding carboxylic acids is 1. The van der Waals surface area contributed by atoms with E-state index < -0.39 is 58.8 Å². The first kappa shape index (κ1) is 28.2. The molecule has 1 saturated heterocycles. The molecule has 1 heterocycles. The van der Waals surface area contributed by atoms with E-state index in [1.807, 2.05) is 6.07 Å². The van der Waals surface area contributed by atoms with Crippen LogP contribution >= 0.6 is 0 Å². The third kappa shape index (κ3) is 3.08. The highest BCUT2D eigenvalue weighted by Crippen LogP contribution is 2.80. The monoisotopic (exact) mass is 573 g/mol. The van der Waals surface area contributed by atoms with Gasteiger partial charge in [-0.1, -0.05) is 18.2 Å². The first-order chi connectivity index (χ1) is 19.6.